The molecule has 5 aromatic carbocycles. The molecule has 0 aromatic heterocycles. The van der Waals surface area contributed by atoms with E-state index in [4.69, 9.17) is 32.7 Å². The van der Waals surface area contributed by atoms with Gasteiger partial charge in [-0.25, -0.2) is 4.79 Å². The molecular weight excluding hydrogens is 631 g/mol. The fourth-order valence-corrected chi connectivity index (χ4v) is 5.95. The van der Waals surface area contributed by atoms with Crippen molar-refractivity contribution >= 4 is 68.0 Å². The molecule has 0 aliphatic heterocycles. The highest BCUT2D eigenvalue weighted by molar-refractivity contribution is 6.68. The van der Waals surface area contributed by atoms with Crippen molar-refractivity contribution < 1.29 is 38.9 Å². The molecule has 0 bridgehead atoms. The number of halogens is 2. The smallest absolute Gasteiger partial charge is 0.354 e. The molecule has 0 fully saturated rings. The fraction of sp³-hybridized carbons (Fsp3) is 0.0556. The van der Waals surface area contributed by atoms with Crippen molar-refractivity contribution in [3.05, 3.63) is 136 Å². The van der Waals surface area contributed by atoms with Crippen molar-refractivity contribution in [1.82, 2.24) is 0 Å². The Morgan fingerprint density at radius 2 is 1.26 bits per heavy atom. The van der Waals surface area contributed by atoms with Crippen LogP contribution in [0.4, 0.5) is 0 Å². The minimum Gasteiger partial charge on any atom is -0.481 e. The first-order valence-electron chi connectivity index (χ1n) is 13.9. The van der Waals surface area contributed by atoms with Gasteiger partial charge in [0.25, 0.3) is 10.5 Å². The Labute approximate surface area is 271 Å². The third-order valence-electron chi connectivity index (χ3n) is 7.78. The van der Waals surface area contributed by atoms with Crippen LogP contribution in [-0.4, -0.2) is 38.2 Å². The summed E-state index contributed by atoms with van der Waals surface area (Å²) < 4.78 is 12.7. The molecule has 2 atom stereocenters. The van der Waals surface area contributed by atoms with E-state index in [0.29, 0.717) is 21.6 Å². The summed E-state index contributed by atoms with van der Waals surface area (Å²) in [6.07, 6.45) is 1.36. The summed E-state index contributed by atoms with van der Waals surface area (Å²) in [5.74, 6) is -4.22. The predicted octanol–water partition coefficient (Wildman–Crippen LogP) is 5.99. The second-order valence-corrected chi connectivity index (χ2v) is 11.1. The highest BCUT2D eigenvalue weighted by atomic mass is 35.5. The average Bonchev–Trinajstić information content (AvgIpc) is 3.05. The van der Waals surface area contributed by atoms with Crippen LogP contribution in [0, 0.1) is 5.92 Å². The molecule has 228 valence electrons. The van der Waals surface area contributed by atoms with E-state index in [2.05, 4.69) is 0 Å². The zero-order chi connectivity index (χ0) is 32.6. The number of aliphatic carboxylic acids is 2. The summed E-state index contributed by atoms with van der Waals surface area (Å²) in [6.45, 7) is 0. The second-order valence-electron chi connectivity index (χ2n) is 10.4. The molecule has 8 nitrogen and oxygen atoms in total. The number of carbonyl (C=O) groups excluding carboxylic acids is 2. The maximum absolute atomic E-state index is 13.7. The standard InChI is InChI=1S/C36H22Cl2O8/c37-32(39)21-9-14-24(15-10-21)45-29-18-13-20-5-1-3-7-26(20)30(29)31-27-8-4-2-6-23(27)19-28(34(41)42)36(31,35(43)44)46-25-16-11-22(12-17-25)33(38)40/h1-19,28H,(H,41,42)(H,43,44). The number of benzene rings is 5. The average molecular weight is 653 g/mol. The summed E-state index contributed by atoms with van der Waals surface area (Å²) in [5, 5.41) is 22.5. The van der Waals surface area contributed by atoms with Gasteiger partial charge in [-0.1, -0.05) is 60.7 Å². The summed E-state index contributed by atoms with van der Waals surface area (Å²) in [5.41, 5.74) is -1.81. The zero-order valence-corrected chi connectivity index (χ0v) is 25.2. The molecule has 5 aromatic rings. The molecule has 0 radical (unpaired) electrons. The van der Waals surface area contributed by atoms with Gasteiger partial charge in [-0.05, 0) is 99.0 Å². The fourth-order valence-electron chi connectivity index (χ4n) is 5.70. The Kier molecular flexibility index (Phi) is 8.08. The van der Waals surface area contributed by atoms with E-state index >= 15 is 0 Å². The van der Waals surface area contributed by atoms with Crippen LogP contribution in [0.15, 0.2) is 109 Å². The Morgan fingerprint density at radius 1 is 0.674 bits per heavy atom. The van der Waals surface area contributed by atoms with Gasteiger partial charge < -0.3 is 19.7 Å². The van der Waals surface area contributed by atoms with Crippen LogP contribution in [0.25, 0.3) is 22.4 Å². The lowest BCUT2D eigenvalue weighted by molar-refractivity contribution is -0.160. The lowest BCUT2D eigenvalue weighted by Gasteiger charge is -2.39. The molecule has 2 unspecified atom stereocenters. The van der Waals surface area contributed by atoms with E-state index in [1.165, 1.54) is 42.5 Å². The van der Waals surface area contributed by atoms with Gasteiger partial charge in [-0.15, -0.1) is 0 Å². The number of ether oxygens (including phenoxy) is 2. The van der Waals surface area contributed by atoms with Gasteiger partial charge in [0.2, 0.25) is 5.60 Å². The van der Waals surface area contributed by atoms with E-state index in [-0.39, 0.29) is 33.8 Å². The molecule has 0 saturated heterocycles. The van der Waals surface area contributed by atoms with Crippen molar-refractivity contribution in [3.8, 4) is 17.2 Å². The number of carboxylic acids is 2. The number of hydrogen-bond acceptors (Lipinski definition) is 6. The van der Waals surface area contributed by atoms with E-state index in [1.807, 2.05) is 12.1 Å². The molecule has 2 N–H and O–H groups in total. The minimum atomic E-state index is -2.54. The topological polar surface area (TPSA) is 127 Å². The molecule has 1 aliphatic carbocycles. The van der Waals surface area contributed by atoms with Crippen LogP contribution in [0.3, 0.4) is 0 Å². The molecule has 0 heterocycles. The van der Waals surface area contributed by atoms with Crippen molar-refractivity contribution in [2.45, 2.75) is 5.60 Å². The van der Waals surface area contributed by atoms with Crippen LogP contribution >= 0.6 is 23.2 Å². The second kappa shape index (κ2) is 12.2. The van der Waals surface area contributed by atoms with Crippen molar-refractivity contribution in [2.75, 3.05) is 0 Å². The number of carbonyl (C=O) groups is 4. The summed E-state index contributed by atoms with van der Waals surface area (Å²) in [7, 11) is 0. The molecule has 46 heavy (non-hydrogen) atoms. The molecule has 0 saturated carbocycles. The summed E-state index contributed by atoms with van der Waals surface area (Å²) in [6, 6.07) is 29.0. The van der Waals surface area contributed by atoms with Gasteiger partial charge in [0.05, 0.1) is 0 Å². The molecule has 0 amide bonds. The van der Waals surface area contributed by atoms with E-state index in [9.17, 15) is 29.4 Å². The molecule has 6 rings (SSSR count). The maximum atomic E-state index is 13.7. The molecular formula is C36H22Cl2O8. The Balaban J connectivity index is 1.70. The maximum Gasteiger partial charge on any atom is 0.354 e. The largest absolute Gasteiger partial charge is 0.481 e. The Hall–Kier alpha value is -5.44. The SMILES string of the molecule is O=C(Cl)c1ccc(Oc2ccc3ccccc3c2C2=c3ccccc3=CC(C(=O)O)C2(Oc2ccc(C(=O)Cl)cc2)C(=O)O)cc1. The molecule has 1 aliphatic rings. The van der Waals surface area contributed by atoms with Crippen LogP contribution < -0.4 is 19.9 Å². The number of rotatable bonds is 9. The van der Waals surface area contributed by atoms with Crippen LogP contribution in [0.2, 0.25) is 0 Å². The Morgan fingerprint density at radius 3 is 1.87 bits per heavy atom. The third-order valence-corrected chi connectivity index (χ3v) is 8.22. The highest BCUT2D eigenvalue weighted by Gasteiger charge is 2.57. The van der Waals surface area contributed by atoms with E-state index < -0.39 is 33.9 Å². The van der Waals surface area contributed by atoms with Crippen molar-refractivity contribution in [3.63, 3.8) is 0 Å². The third kappa shape index (κ3) is 5.38. The normalized spacial score (nSPS) is 17.0. The van der Waals surface area contributed by atoms with Gasteiger partial charge in [0, 0.05) is 22.3 Å². The van der Waals surface area contributed by atoms with Crippen molar-refractivity contribution in [1.29, 1.82) is 0 Å². The first kappa shape index (κ1) is 30.6. The van der Waals surface area contributed by atoms with Crippen LogP contribution in [0.1, 0.15) is 26.3 Å². The van der Waals surface area contributed by atoms with Gasteiger partial charge in [0.15, 0.2) is 0 Å². The quantitative estimate of drug-likeness (QED) is 0.186. The monoisotopic (exact) mass is 652 g/mol. The first-order chi connectivity index (χ1) is 22.1. The zero-order valence-electron chi connectivity index (χ0n) is 23.6. The summed E-state index contributed by atoms with van der Waals surface area (Å²) >= 11 is 11.2. The highest BCUT2D eigenvalue weighted by Crippen LogP contribution is 2.45. The number of hydrogen-bond donors (Lipinski definition) is 2. The molecule has 0 spiro atoms. The molecule has 10 heteroatoms. The van der Waals surface area contributed by atoms with Crippen LogP contribution in [-0.2, 0) is 9.59 Å². The number of carboxylic acid groups (broad SMARTS) is 2. The van der Waals surface area contributed by atoms with Gasteiger partial charge in [-0.3, -0.25) is 14.4 Å². The van der Waals surface area contributed by atoms with E-state index in [0.717, 1.165) is 5.39 Å². The van der Waals surface area contributed by atoms with Gasteiger partial charge in [-0.2, -0.15) is 0 Å². The van der Waals surface area contributed by atoms with Crippen LogP contribution in [0.5, 0.6) is 17.2 Å². The lowest BCUT2D eigenvalue weighted by Crippen LogP contribution is -2.59. The van der Waals surface area contributed by atoms with Gasteiger partial charge in [0.1, 0.15) is 23.2 Å². The van der Waals surface area contributed by atoms with Crippen molar-refractivity contribution in [2.24, 2.45) is 5.92 Å². The Bertz CT molecular complexity index is 2180. The predicted molar refractivity (Wildman–Crippen MR) is 172 cm³/mol. The van der Waals surface area contributed by atoms with Gasteiger partial charge >= 0.3 is 11.9 Å². The number of fused-ring (bicyclic) bond motifs is 2. The minimum absolute atomic E-state index is 0.00960. The first-order valence-corrected chi connectivity index (χ1v) is 14.6. The lowest BCUT2D eigenvalue weighted by atomic mass is 9.72. The summed E-state index contributed by atoms with van der Waals surface area (Å²) in [4.78, 5) is 50.0. The van der Waals surface area contributed by atoms with E-state index in [1.54, 1.807) is 60.7 Å².